The van der Waals surface area contributed by atoms with Crippen molar-refractivity contribution in [2.24, 2.45) is 0 Å². The van der Waals surface area contributed by atoms with Crippen molar-refractivity contribution in [2.75, 3.05) is 23.3 Å². The van der Waals surface area contributed by atoms with Crippen molar-refractivity contribution in [2.45, 2.75) is 27.7 Å². The molecule has 0 aliphatic rings. The highest BCUT2D eigenvalue weighted by Gasteiger charge is 2.14. The van der Waals surface area contributed by atoms with E-state index in [1.807, 2.05) is 25.1 Å². The Balaban J connectivity index is 1.54. The summed E-state index contributed by atoms with van der Waals surface area (Å²) in [6, 6.07) is 14.7. The Morgan fingerprint density at radius 3 is 2.28 bits per heavy atom. The highest BCUT2D eigenvalue weighted by molar-refractivity contribution is 7.80. The topological polar surface area (TPSA) is 75.1 Å². The second-order valence-electron chi connectivity index (χ2n) is 8.33. The van der Waals surface area contributed by atoms with Gasteiger partial charge in [0.2, 0.25) is 0 Å². The number of anilines is 2. The zero-order valence-electron chi connectivity index (χ0n) is 20.4. The molecule has 0 spiro atoms. The number of carbonyl (C=O) groups is 1. The minimum Gasteiger partial charge on any atom is -0.372 e. The van der Waals surface area contributed by atoms with Crippen LogP contribution in [-0.2, 0) is 0 Å². The minimum absolute atomic E-state index is 0.156. The number of halogens is 2. The predicted octanol–water partition coefficient (Wildman–Crippen LogP) is 6.32. The van der Waals surface area contributed by atoms with E-state index in [0.29, 0.717) is 21.1 Å². The third kappa shape index (κ3) is 5.46. The summed E-state index contributed by atoms with van der Waals surface area (Å²) < 4.78 is 0. The lowest BCUT2D eigenvalue weighted by atomic mass is 10.1. The van der Waals surface area contributed by atoms with Crippen molar-refractivity contribution < 1.29 is 4.79 Å². The van der Waals surface area contributed by atoms with E-state index in [1.165, 1.54) is 11.8 Å². The number of hydrogen-bond donors (Lipinski definition) is 2. The lowest BCUT2D eigenvalue weighted by Crippen LogP contribution is -2.34. The second-order valence-corrected chi connectivity index (χ2v) is 9.55. The van der Waals surface area contributed by atoms with Gasteiger partial charge in [-0.05, 0) is 99.6 Å². The Labute approximate surface area is 225 Å². The molecule has 1 amide bonds. The fourth-order valence-electron chi connectivity index (χ4n) is 3.93. The fraction of sp³-hybridized carbons (Fsp3) is 0.231. The van der Waals surface area contributed by atoms with E-state index in [-0.39, 0.29) is 11.0 Å². The van der Waals surface area contributed by atoms with E-state index >= 15 is 0 Å². The van der Waals surface area contributed by atoms with Crippen LogP contribution < -0.4 is 15.5 Å². The molecule has 0 unspecified atom stereocenters. The minimum atomic E-state index is -0.389. The number of hydrogen-bond acceptors (Lipinski definition) is 5. The van der Waals surface area contributed by atoms with Gasteiger partial charge in [0.05, 0.1) is 15.7 Å². The van der Waals surface area contributed by atoms with Crippen LogP contribution in [0.1, 0.15) is 35.3 Å². The average Bonchev–Trinajstić information content (AvgIpc) is 3.24. The van der Waals surface area contributed by atoms with Crippen molar-refractivity contribution in [3.63, 3.8) is 0 Å². The quantitative estimate of drug-likeness (QED) is 0.279. The Morgan fingerprint density at radius 2 is 1.64 bits per heavy atom. The molecular weight excluding hydrogens is 515 g/mol. The molecule has 2 N–H and O–H groups in total. The molecule has 0 bridgehead atoms. The SMILES string of the molecule is CCN(CC)c1ccc(-n2nc3cc(C)c(NC(=S)NC(=O)c4ccc(Cl)c(Cl)c4)cc3n2)c(C)c1. The smallest absolute Gasteiger partial charge is 0.257 e. The van der Waals surface area contributed by atoms with Crippen LogP contribution in [0.5, 0.6) is 0 Å². The van der Waals surface area contributed by atoms with Crippen LogP contribution in [0.3, 0.4) is 0 Å². The summed E-state index contributed by atoms with van der Waals surface area (Å²) >= 11 is 17.3. The molecule has 186 valence electrons. The van der Waals surface area contributed by atoms with Crippen molar-refractivity contribution in [1.29, 1.82) is 0 Å². The van der Waals surface area contributed by atoms with Crippen LogP contribution in [0, 0.1) is 13.8 Å². The highest BCUT2D eigenvalue weighted by atomic mass is 35.5. The molecule has 0 saturated heterocycles. The van der Waals surface area contributed by atoms with Gasteiger partial charge in [0, 0.05) is 30.0 Å². The lowest BCUT2D eigenvalue weighted by Gasteiger charge is -2.22. The number of aryl methyl sites for hydroxylation is 2. The van der Waals surface area contributed by atoms with Crippen molar-refractivity contribution in [3.8, 4) is 5.69 Å². The standard InChI is InChI=1S/C26H26Cl2N6OS/c1-5-33(6-2)18-8-10-24(16(4)11-18)34-31-22-12-15(3)21(14-23(22)32-34)29-26(36)30-25(35)17-7-9-19(27)20(28)13-17/h7-14H,5-6H2,1-4H3,(H2,29,30,35,36). The number of aromatic nitrogens is 3. The third-order valence-corrected chi connectivity index (χ3v) is 6.85. The molecule has 0 atom stereocenters. The molecule has 0 saturated carbocycles. The number of amides is 1. The number of nitrogens with zero attached hydrogens (tertiary/aromatic N) is 4. The molecule has 0 fully saturated rings. The summed E-state index contributed by atoms with van der Waals surface area (Å²) in [7, 11) is 0. The van der Waals surface area contributed by atoms with E-state index in [9.17, 15) is 4.79 Å². The monoisotopic (exact) mass is 540 g/mol. The first-order valence-electron chi connectivity index (χ1n) is 11.5. The molecule has 4 aromatic rings. The molecule has 10 heteroatoms. The van der Waals surface area contributed by atoms with Gasteiger partial charge in [-0.25, -0.2) is 0 Å². The maximum absolute atomic E-state index is 12.5. The number of benzene rings is 3. The Morgan fingerprint density at radius 1 is 0.944 bits per heavy atom. The average molecular weight is 542 g/mol. The van der Waals surface area contributed by atoms with E-state index < -0.39 is 0 Å². The van der Waals surface area contributed by atoms with Crippen molar-refractivity contribution in [3.05, 3.63) is 75.3 Å². The third-order valence-electron chi connectivity index (χ3n) is 5.91. The van der Waals surface area contributed by atoms with E-state index in [2.05, 4.69) is 58.6 Å². The first kappa shape index (κ1) is 25.9. The van der Waals surface area contributed by atoms with E-state index in [1.54, 1.807) is 16.9 Å². The van der Waals surface area contributed by atoms with Crippen LogP contribution in [0.4, 0.5) is 11.4 Å². The van der Waals surface area contributed by atoms with Crippen molar-refractivity contribution in [1.82, 2.24) is 20.3 Å². The Hall–Kier alpha value is -3.20. The number of fused-ring (bicyclic) bond motifs is 1. The summed E-state index contributed by atoms with van der Waals surface area (Å²) in [5, 5.41) is 15.9. The van der Waals surface area contributed by atoms with Crippen LogP contribution >= 0.6 is 35.4 Å². The number of carbonyl (C=O) groups excluding carboxylic acids is 1. The number of rotatable bonds is 6. The van der Waals surface area contributed by atoms with Crippen molar-refractivity contribution >= 4 is 68.8 Å². The lowest BCUT2D eigenvalue weighted by molar-refractivity contribution is 0.0977. The zero-order valence-corrected chi connectivity index (χ0v) is 22.7. The normalized spacial score (nSPS) is 10.9. The van der Waals surface area contributed by atoms with Gasteiger partial charge in [0.1, 0.15) is 11.0 Å². The van der Waals surface area contributed by atoms with Gasteiger partial charge in [0.25, 0.3) is 5.91 Å². The molecule has 4 rings (SSSR count). The summed E-state index contributed by atoms with van der Waals surface area (Å²) in [6.07, 6.45) is 0. The molecule has 1 heterocycles. The summed E-state index contributed by atoms with van der Waals surface area (Å²) in [5.41, 5.74) is 6.63. The molecule has 1 aromatic heterocycles. The largest absolute Gasteiger partial charge is 0.372 e. The number of nitrogens with one attached hydrogen (secondary N) is 2. The van der Waals surface area contributed by atoms with E-state index in [4.69, 9.17) is 35.4 Å². The molecule has 3 aromatic carbocycles. The predicted molar refractivity (Wildman–Crippen MR) is 152 cm³/mol. The number of thiocarbonyl (C=S) groups is 1. The fourth-order valence-corrected chi connectivity index (χ4v) is 4.43. The molecule has 0 radical (unpaired) electrons. The summed E-state index contributed by atoms with van der Waals surface area (Å²) in [4.78, 5) is 16.5. The molecule has 36 heavy (non-hydrogen) atoms. The van der Waals surface area contributed by atoms with Gasteiger partial charge in [-0.15, -0.1) is 10.2 Å². The van der Waals surface area contributed by atoms with E-state index in [0.717, 1.165) is 41.1 Å². The van der Waals surface area contributed by atoms with Gasteiger partial charge in [-0.3, -0.25) is 10.1 Å². The summed E-state index contributed by atoms with van der Waals surface area (Å²) in [5.74, 6) is -0.389. The zero-order chi connectivity index (χ0) is 26.0. The molecule has 7 nitrogen and oxygen atoms in total. The van der Waals surface area contributed by atoms with Crippen LogP contribution in [-0.4, -0.2) is 39.1 Å². The van der Waals surface area contributed by atoms with Crippen LogP contribution in [0.15, 0.2) is 48.5 Å². The Kier molecular flexibility index (Phi) is 7.78. The van der Waals surface area contributed by atoms with Gasteiger partial charge in [-0.2, -0.15) is 4.80 Å². The molecule has 0 aliphatic heterocycles. The van der Waals surface area contributed by atoms with Gasteiger partial charge < -0.3 is 10.2 Å². The first-order valence-corrected chi connectivity index (χ1v) is 12.7. The van der Waals surface area contributed by atoms with Gasteiger partial charge in [-0.1, -0.05) is 23.2 Å². The van der Waals surface area contributed by atoms with Crippen LogP contribution in [0.25, 0.3) is 16.7 Å². The second kappa shape index (κ2) is 10.8. The highest BCUT2D eigenvalue weighted by Crippen LogP contribution is 2.25. The molecule has 0 aliphatic carbocycles. The molecular formula is C26H26Cl2N6OS. The maximum atomic E-state index is 12.5. The van der Waals surface area contributed by atoms with Crippen LogP contribution in [0.2, 0.25) is 10.0 Å². The first-order chi connectivity index (χ1) is 17.2. The summed E-state index contributed by atoms with van der Waals surface area (Å²) in [6.45, 7) is 10.2. The van der Waals surface area contributed by atoms with Gasteiger partial charge >= 0.3 is 0 Å². The Bertz CT molecular complexity index is 1460. The maximum Gasteiger partial charge on any atom is 0.257 e. The van der Waals surface area contributed by atoms with Gasteiger partial charge in [0.15, 0.2) is 5.11 Å².